The lowest BCUT2D eigenvalue weighted by Gasteiger charge is -2.48. The van der Waals surface area contributed by atoms with E-state index in [-0.39, 0.29) is 11.2 Å². The maximum absolute atomic E-state index is 11.7. The summed E-state index contributed by atoms with van der Waals surface area (Å²) in [6.45, 7) is 3.48. The van der Waals surface area contributed by atoms with E-state index in [2.05, 4.69) is 22.1 Å². The summed E-state index contributed by atoms with van der Waals surface area (Å²) in [7, 11) is 0. The van der Waals surface area contributed by atoms with E-state index in [0.29, 0.717) is 13.2 Å². The van der Waals surface area contributed by atoms with Crippen LogP contribution in [0.25, 0.3) is 0 Å². The Morgan fingerprint density at radius 1 is 1.17 bits per heavy atom. The van der Waals surface area contributed by atoms with E-state index < -0.39 is 0 Å². The topological polar surface area (TPSA) is 56.6 Å². The van der Waals surface area contributed by atoms with Crippen LogP contribution >= 0.6 is 0 Å². The van der Waals surface area contributed by atoms with E-state index in [1.165, 1.54) is 48.7 Å². The summed E-state index contributed by atoms with van der Waals surface area (Å²) >= 11 is 0. The number of rotatable bonds is 6. The number of ether oxygens (including phenoxy) is 2. The molecule has 1 aliphatic carbocycles. The molecule has 3 aliphatic rings. The molecule has 160 valence electrons. The normalized spacial score (nSPS) is 20.9. The van der Waals surface area contributed by atoms with Gasteiger partial charge in [0.1, 0.15) is 17.1 Å². The number of aryl methyl sites for hydroxylation is 2. The fourth-order valence-electron chi connectivity index (χ4n) is 4.95. The monoisotopic (exact) mass is 409 g/mol. The minimum Gasteiger partial charge on any atom is -0.494 e. The Morgan fingerprint density at radius 3 is 2.80 bits per heavy atom. The average Bonchev–Trinajstić information content (AvgIpc) is 2.73. The van der Waals surface area contributed by atoms with Gasteiger partial charge in [0.05, 0.1) is 6.61 Å². The molecule has 1 saturated heterocycles. The highest BCUT2D eigenvalue weighted by Crippen LogP contribution is 2.41. The SMILES string of the molecule is O=c1cccnn1CCCOc1ccc2c(c1)CCC1(CCN(C3CCC3)CC1)O2. The lowest BCUT2D eigenvalue weighted by molar-refractivity contribution is -0.0337. The van der Waals surface area contributed by atoms with Crippen LogP contribution in [0.3, 0.4) is 0 Å². The van der Waals surface area contributed by atoms with Crippen LogP contribution in [0.15, 0.2) is 41.3 Å². The highest BCUT2D eigenvalue weighted by Gasteiger charge is 2.41. The quantitative estimate of drug-likeness (QED) is 0.684. The van der Waals surface area contributed by atoms with E-state index in [1.807, 2.05) is 6.07 Å². The number of fused-ring (bicyclic) bond motifs is 1. The zero-order chi connectivity index (χ0) is 20.4. The first-order valence-corrected chi connectivity index (χ1v) is 11.4. The molecule has 0 radical (unpaired) electrons. The molecule has 3 heterocycles. The Bertz CT molecular complexity index is 929. The lowest BCUT2D eigenvalue weighted by Crippen LogP contribution is -2.53. The third-order valence-electron chi connectivity index (χ3n) is 7.08. The summed E-state index contributed by atoms with van der Waals surface area (Å²) in [4.78, 5) is 14.4. The van der Waals surface area contributed by atoms with Gasteiger partial charge >= 0.3 is 0 Å². The summed E-state index contributed by atoms with van der Waals surface area (Å²) in [6, 6.07) is 10.2. The highest BCUT2D eigenvalue weighted by atomic mass is 16.5. The molecule has 1 aromatic heterocycles. The minimum atomic E-state index is -0.0733. The highest BCUT2D eigenvalue weighted by molar-refractivity contribution is 5.42. The Kier molecular flexibility index (Phi) is 5.50. The van der Waals surface area contributed by atoms with Crippen LogP contribution in [0.5, 0.6) is 11.5 Å². The van der Waals surface area contributed by atoms with Gasteiger partial charge in [-0.05, 0) is 68.4 Å². The summed E-state index contributed by atoms with van der Waals surface area (Å²) < 4.78 is 14.0. The van der Waals surface area contributed by atoms with Crippen LogP contribution in [0.2, 0.25) is 0 Å². The molecular weight excluding hydrogens is 378 g/mol. The molecule has 0 atom stereocenters. The van der Waals surface area contributed by atoms with Crippen molar-refractivity contribution in [3.63, 3.8) is 0 Å². The average molecular weight is 410 g/mol. The van der Waals surface area contributed by atoms with Crippen LogP contribution < -0.4 is 15.0 Å². The predicted molar refractivity (Wildman–Crippen MR) is 115 cm³/mol. The number of likely N-dealkylation sites (tertiary alicyclic amines) is 1. The van der Waals surface area contributed by atoms with Gasteiger partial charge in [-0.15, -0.1) is 0 Å². The zero-order valence-corrected chi connectivity index (χ0v) is 17.6. The molecule has 2 aliphatic heterocycles. The Balaban J connectivity index is 1.13. The molecule has 1 saturated carbocycles. The van der Waals surface area contributed by atoms with E-state index in [1.54, 1.807) is 12.3 Å². The second-order valence-electron chi connectivity index (χ2n) is 8.96. The first-order chi connectivity index (χ1) is 14.7. The smallest absolute Gasteiger partial charge is 0.266 e. The van der Waals surface area contributed by atoms with Crippen molar-refractivity contribution < 1.29 is 9.47 Å². The number of benzene rings is 1. The van der Waals surface area contributed by atoms with Gasteiger partial charge in [0, 0.05) is 44.4 Å². The molecule has 0 amide bonds. The summed E-state index contributed by atoms with van der Waals surface area (Å²) in [6.07, 6.45) is 11.0. The Hall–Kier alpha value is -2.34. The molecule has 6 heteroatoms. The van der Waals surface area contributed by atoms with Crippen LogP contribution in [-0.4, -0.2) is 46.0 Å². The molecule has 0 unspecified atom stereocenters. The first kappa shape index (κ1) is 19.6. The van der Waals surface area contributed by atoms with Crippen molar-refractivity contribution in [1.82, 2.24) is 14.7 Å². The van der Waals surface area contributed by atoms with Crippen molar-refractivity contribution in [2.24, 2.45) is 0 Å². The van der Waals surface area contributed by atoms with Crippen LogP contribution in [-0.2, 0) is 13.0 Å². The van der Waals surface area contributed by atoms with Crippen LogP contribution in [0.4, 0.5) is 0 Å². The molecule has 2 fully saturated rings. The predicted octanol–water partition coefficient (Wildman–Crippen LogP) is 3.42. The Labute approximate surface area is 177 Å². The van der Waals surface area contributed by atoms with E-state index in [0.717, 1.165) is 49.6 Å². The van der Waals surface area contributed by atoms with Gasteiger partial charge in [-0.3, -0.25) is 4.79 Å². The van der Waals surface area contributed by atoms with Gasteiger partial charge in [0.2, 0.25) is 0 Å². The zero-order valence-electron chi connectivity index (χ0n) is 17.6. The van der Waals surface area contributed by atoms with Crippen molar-refractivity contribution in [3.05, 3.63) is 52.4 Å². The maximum Gasteiger partial charge on any atom is 0.266 e. The van der Waals surface area contributed by atoms with Gasteiger partial charge < -0.3 is 14.4 Å². The van der Waals surface area contributed by atoms with Gasteiger partial charge in [-0.1, -0.05) is 6.42 Å². The van der Waals surface area contributed by atoms with Crippen molar-refractivity contribution >= 4 is 0 Å². The van der Waals surface area contributed by atoms with Gasteiger partial charge in [0.25, 0.3) is 5.56 Å². The number of nitrogens with zero attached hydrogens (tertiary/aromatic N) is 3. The molecule has 2 aromatic rings. The number of aromatic nitrogens is 2. The molecule has 5 rings (SSSR count). The molecule has 0 N–H and O–H groups in total. The van der Waals surface area contributed by atoms with Gasteiger partial charge in [-0.25, -0.2) is 4.68 Å². The second-order valence-corrected chi connectivity index (χ2v) is 8.96. The minimum absolute atomic E-state index is 0.0333. The molecule has 6 nitrogen and oxygen atoms in total. The summed E-state index contributed by atoms with van der Waals surface area (Å²) in [5.41, 5.74) is 1.21. The van der Waals surface area contributed by atoms with E-state index in [9.17, 15) is 4.79 Å². The van der Waals surface area contributed by atoms with Crippen LogP contribution in [0.1, 0.15) is 50.5 Å². The molecule has 0 bridgehead atoms. The van der Waals surface area contributed by atoms with Crippen molar-refractivity contribution in [2.45, 2.75) is 69.6 Å². The Morgan fingerprint density at radius 2 is 2.03 bits per heavy atom. The molecule has 1 spiro atoms. The molecule has 1 aromatic carbocycles. The van der Waals surface area contributed by atoms with Crippen molar-refractivity contribution in [2.75, 3.05) is 19.7 Å². The van der Waals surface area contributed by atoms with Crippen molar-refractivity contribution in [1.29, 1.82) is 0 Å². The van der Waals surface area contributed by atoms with Crippen LogP contribution in [0, 0.1) is 0 Å². The number of hydrogen-bond donors (Lipinski definition) is 0. The standard InChI is InChI=1S/C24H31N3O3/c28-23-6-2-13-25-27(23)14-3-17-29-21-7-8-22-19(18-21)9-10-24(30-22)11-15-26(16-12-24)20-4-1-5-20/h2,6-8,13,18,20H,1,3-5,9-12,14-17H2. The number of piperidine rings is 1. The van der Waals surface area contributed by atoms with E-state index >= 15 is 0 Å². The number of hydrogen-bond acceptors (Lipinski definition) is 5. The molecule has 30 heavy (non-hydrogen) atoms. The second kappa shape index (κ2) is 8.42. The van der Waals surface area contributed by atoms with Gasteiger partial charge in [0.15, 0.2) is 0 Å². The third kappa shape index (κ3) is 4.10. The third-order valence-corrected chi connectivity index (χ3v) is 7.08. The summed E-state index contributed by atoms with van der Waals surface area (Å²) in [5.74, 6) is 1.91. The van der Waals surface area contributed by atoms with Gasteiger partial charge in [-0.2, -0.15) is 5.10 Å². The molecular formula is C24H31N3O3. The van der Waals surface area contributed by atoms with Crippen molar-refractivity contribution in [3.8, 4) is 11.5 Å². The largest absolute Gasteiger partial charge is 0.494 e. The first-order valence-electron chi connectivity index (χ1n) is 11.4. The fraction of sp³-hybridized carbons (Fsp3) is 0.583. The fourth-order valence-corrected chi connectivity index (χ4v) is 4.95. The lowest BCUT2D eigenvalue weighted by atomic mass is 9.81. The maximum atomic E-state index is 11.7. The van der Waals surface area contributed by atoms with E-state index in [4.69, 9.17) is 9.47 Å². The summed E-state index contributed by atoms with van der Waals surface area (Å²) in [5, 5.41) is 4.07.